The molecule has 1 aliphatic carbocycles. The van der Waals surface area contributed by atoms with Gasteiger partial charge in [0, 0.05) is 0 Å². The van der Waals surface area contributed by atoms with E-state index in [1.165, 1.54) is 13.5 Å². The van der Waals surface area contributed by atoms with E-state index in [0.29, 0.717) is 23.7 Å². The molecule has 88 valence electrons. The van der Waals surface area contributed by atoms with Crippen molar-refractivity contribution in [3.8, 4) is 0 Å². The van der Waals surface area contributed by atoms with E-state index in [0.717, 1.165) is 6.42 Å². The number of esters is 1. The Morgan fingerprint density at radius 3 is 2.33 bits per heavy atom. The summed E-state index contributed by atoms with van der Waals surface area (Å²) in [6.07, 6.45) is 2.25. The first kappa shape index (κ1) is 12.5. The minimum absolute atomic E-state index is 0.00731. The molecule has 0 aliphatic heterocycles. The van der Waals surface area contributed by atoms with Crippen molar-refractivity contribution in [1.82, 2.24) is 0 Å². The zero-order valence-electron chi connectivity index (χ0n) is 10.6. The van der Waals surface area contributed by atoms with Crippen LogP contribution < -0.4 is 0 Å². The molecule has 4 unspecified atom stereocenters. The summed E-state index contributed by atoms with van der Waals surface area (Å²) in [6.45, 7) is 8.94. The molecule has 2 heteroatoms. The minimum atomic E-state index is -0.00731. The number of hydrogen-bond acceptors (Lipinski definition) is 2. The Labute approximate surface area is 93.4 Å². The Kier molecular flexibility index (Phi) is 4.18. The molecule has 4 atom stereocenters. The second kappa shape index (κ2) is 5.00. The van der Waals surface area contributed by atoms with Crippen LogP contribution in [-0.4, -0.2) is 13.1 Å². The fourth-order valence-electron chi connectivity index (χ4n) is 3.40. The highest BCUT2D eigenvalue weighted by molar-refractivity contribution is 5.72. The molecule has 1 saturated carbocycles. The Hall–Kier alpha value is -0.530. The Morgan fingerprint density at radius 1 is 1.27 bits per heavy atom. The van der Waals surface area contributed by atoms with E-state index in [1.54, 1.807) is 0 Å². The van der Waals surface area contributed by atoms with E-state index in [4.69, 9.17) is 4.74 Å². The van der Waals surface area contributed by atoms with Gasteiger partial charge < -0.3 is 4.74 Å². The third-order valence-corrected chi connectivity index (χ3v) is 3.83. The van der Waals surface area contributed by atoms with Gasteiger partial charge in [-0.25, -0.2) is 0 Å². The zero-order chi connectivity index (χ0) is 11.6. The molecule has 0 heterocycles. The van der Waals surface area contributed by atoms with E-state index < -0.39 is 0 Å². The summed E-state index contributed by atoms with van der Waals surface area (Å²) in [5.41, 5.74) is 0. The summed E-state index contributed by atoms with van der Waals surface area (Å²) in [7, 11) is 1.50. The van der Waals surface area contributed by atoms with Crippen molar-refractivity contribution in [3.05, 3.63) is 0 Å². The maximum Gasteiger partial charge on any atom is 0.308 e. The Bertz CT molecular complexity index is 223. The molecule has 0 amide bonds. The van der Waals surface area contributed by atoms with Crippen molar-refractivity contribution in [2.75, 3.05) is 7.11 Å². The monoisotopic (exact) mass is 212 g/mol. The third kappa shape index (κ3) is 2.73. The van der Waals surface area contributed by atoms with E-state index in [9.17, 15) is 4.79 Å². The van der Waals surface area contributed by atoms with Crippen LogP contribution >= 0.6 is 0 Å². The van der Waals surface area contributed by atoms with Gasteiger partial charge in [0.2, 0.25) is 0 Å². The van der Waals surface area contributed by atoms with Gasteiger partial charge in [0.05, 0.1) is 13.0 Å². The van der Waals surface area contributed by atoms with E-state index >= 15 is 0 Å². The lowest BCUT2D eigenvalue weighted by molar-refractivity contribution is -0.151. The standard InChI is InChI=1S/C13H24O2/c1-8(2)12-10(4)6-9(3)7-11(12)13(14)15-5/h8-12H,6-7H2,1-5H3. The highest BCUT2D eigenvalue weighted by Crippen LogP contribution is 2.42. The van der Waals surface area contributed by atoms with Crippen LogP contribution in [0.2, 0.25) is 0 Å². The second-order valence-electron chi connectivity index (χ2n) is 5.50. The predicted octanol–water partition coefficient (Wildman–Crippen LogP) is 3.11. The highest BCUT2D eigenvalue weighted by atomic mass is 16.5. The van der Waals surface area contributed by atoms with Gasteiger partial charge in [0.25, 0.3) is 0 Å². The van der Waals surface area contributed by atoms with Crippen molar-refractivity contribution >= 4 is 5.97 Å². The average molecular weight is 212 g/mol. The number of carbonyl (C=O) groups is 1. The minimum Gasteiger partial charge on any atom is -0.469 e. The SMILES string of the molecule is COC(=O)C1CC(C)CC(C)C1C(C)C. The smallest absolute Gasteiger partial charge is 0.308 e. The van der Waals surface area contributed by atoms with Crippen LogP contribution in [-0.2, 0) is 9.53 Å². The maximum absolute atomic E-state index is 11.8. The fraction of sp³-hybridized carbons (Fsp3) is 0.923. The molecule has 0 spiro atoms. The molecule has 0 N–H and O–H groups in total. The van der Waals surface area contributed by atoms with Gasteiger partial charge in [0.1, 0.15) is 0 Å². The molecule has 0 aromatic carbocycles. The lowest BCUT2D eigenvalue weighted by atomic mass is 9.65. The topological polar surface area (TPSA) is 26.3 Å². The van der Waals surface area contributed by atoms with Gasteiger partial charge in [-0.15, -0.1) is 0 Å². The molecule has 0 radical (unpaired) electrons. The first-order valence-electron chi connectivity index (χ1n) is 6.05. The van der Waals surface area contributed by atoms with Crippen molar-refractivity contribution < 1.29 is 9.53 Å². The van der Waals surface area contributed by atoms with Gasteiger partial charge in [-0.2, -0.15) is 0 Å². The molecule has 1 aliphatic rings. The molecule has 1 fully saturated rings. The van der Waals surface area contributed by atoms with Gasteiger partial charge in [-0.1, -0.05) is 27.7 Å². The van der Waals surface area contributed by atoms with Gasteiger partial charge in [-0.3, -0.25) is 4.79 Å². The molecule has 0 aromatic heterocycles. The summed E-state index contributed by atoms with van der Waals surface area (Å²) in [6, 6.07) is 0. The molecule has 0 aromatic rings. The van der Waals surface area contributed by atoms with Crippen molar-refractivity contribution in [1.29, 1.82) is 0 Å². The molecule has 0 saturated heterocycles. The molecular weight excluding hydrogens is 188 g/mol. The lowest BCUT2D eigenvalue weighted by Crippen LogP contribution is -2.38. The van der Waals surface area contributed by atoms with Gasteiger partial charge in [-0.05, 0) is 36.5 Å². The number of ether oxygens (including phenoxy) is 1. The third-order valence-electron chi connectivity index (χ3n) is 3.83. The first-order chi connectivity index (χ1) is 6.97. The fourth-order valence-corrected chi connectivity index (χ4v) is 3.40. The van der Waals surface area contributed by atoms with Gasteiger partial charge in [0.15, 0.2) is 0 Å². The summed E-state index contributed by atoms with van der Waals surface area (Å²) in [4.78, 5) is 11.8. The van der Waals surface area contributed by atoms with Crippen molar-refractivity contribution in [3.63, 3.8) is 0 Å². The second-order valence-corrected chi connectivity index (χ2v) is 5.50. The van der Waals surface area contributed by atoms with E-state index in [-0.39, 0.29) is 11.9 Å². The van der Waals surface area contributed by atoms with Crippen LogP contribution in [0.25, 0.3) is 0 Å². The quantitative estimate of drug-likeness (QED) is 0.657. The van der Waals surface area contributed by atoms with E-state index in [1.807, 2.05) is 0 Å². The summed E-state index contributed by atoms with van der Waals surface area (Å²) in [5, 5.41) is 0. The van der Waals surface area contributed by atoms with Crippen molar-refractivity contribution in [2.45, 2.75) is 40.5 Å². The number of carbonyl (C=O) groups excluding carboxylic acids is 1. The zero-order valence-corrected chi connectivity index (χ0v) is 10.6. The number of methoxy groups -OCH3 is 1. The van der Waals surface area contributed by atoms with Crippen LogP contribution in [0.15, 0.2) is 0 Å². The molecule has 1 rings (SSSR count). The molecule has 0 bridgehead atoms. The lowest BCUT2D eigenvalue weighted by Gasteiger charge is -2.40. The largest absolute Gasteiger partial charge is 0.469 e. The normalized spacial score (nSPS) is 36.7. The van der Waals surface area contributed by atoms with Crippen molar-refractivity contribution in [2.24, 2.45) is 29.6 Å². The van der Waals surface area contributed by atoms with Crippen LogP contribution in [0.4, 0.5) is 0 Å². The molecule has 2 nitrogen and oxygen atoms in total. The average Bonchev–Trinajstić information content (AvgIpc) is 2.14. The summed E-state index contributed by atoms with van der Waals surface area (Å²) >= 11 is 0. The van der Waals surface area contributed by atoms with E-state index in [2.05, 4.69) is 27.7 Å². The predicted molar refractivity (Wildman–Crippen MR) is 61.4 cm³/mol. The van der Waals surface area contributed by atoms with Crippen LogP contribution in [0.3, 0.4) is 0 Å². The maximum atomic E-state index is 11.8. The summed E-state index contributed by atoms with van der Waals surface area (Å²) in [5.74, 6) is 2.46. The summed E-state index contributed by atoms with van der Waals surface area (Å²) < 4.78 is 4.93. The number of rotatable bonds is 2. The Balaban J connectivity index is 2.82. The van der Waals surface area contributed by atoms with Crippen LogP contribution in [0.1, 0.15) is 40.5 Å². The molecular formula is C13H24O2. The first-order valence-corrected chi connectivity index (χ1v) is 6.05. The van der Waals surface area contributed by atoms with Crippen LogP contribution in [0, 0.1) is 29.6 Å². The Morgan fingerprint density at radius 2 is 1.87 bits per heavy atom. The number of hydrogen-bond donors (Lipinski definition) is 0. The molecule has 15 heavy (non-hydrogen) atoms. The van der Waals surface area contributed by atoms with Crippen LogP contribution in [0.5, 0.6) is 0 Å². The van der Waals surface area contributed by atoms with Gasteiger partial charge >= 0.3 is 5.97 Å². The highest BCUT2D eigenvalue weighted by Gasteiger charge is 2.40.